The van der Waals surface area contributed by atoms with Crippen LogP contribution in [0, 0.1) is 0 Å². The number of carbonyl (C=O) groups is 2. The fourth-order valence-corrected chi connectivity index (χ4v) is 3.80. The molecule has 2 unspecified atom stereocenters. The average molecular weight is 418 g/mol. The Morgan fingerprint density at radius 3 is 2.69 bits per heavy atom. The second-order valence-corrected chi connectivity index (χ2v) is 7.14. The number of benzene rings is 2. The summed E-state index contributed by atoms with van der Waals surface area (Å²) >= 11 is 3.50. The highest BCUT2D eigenvalue weighted by Crippen LogP contribution is 2.35. The van der Waals surface area contributed by atoms with Crippen LogP contribution in [0.4, 0.5) is 4.79 Å². The third-order valence-electron chi connectivity index (χ3n) is 4.59. The number of hydrogen-bond acceptors (Lipinski definition) is 4. The Bertz CT molecular complexity index is 808. The van der Waals surface area contributed by atoms with Gasteiger partial charge in [-0.3, -0.25) is 0 Å². The Labute approximate surface area is 160 Å². The SMILES string of the molecule is COC(=O)c1ccccc1OC(=O)NC1CCCC1c1cccc(Br)c1. The standard InChI is InChI=1S/C20H20BrNO4/c1-25-19(23)16-8-2-3-11-18(16)26-20(24)22-17-10-5-9-15(17)13-6-4-7-14(21)12-13/h2-4,6-8,11-12,15,17H,5,9-10H2,1H3,(H,22,24). The summed E-state index contributed by atoms with van der Waals surface area (Å²) in [4.78, 5) is 24.2. The molecule has 6 heteroatoms. The first-order valence-electron chi connectivity index (χ1n) is 8.49. The molecule has 2 aromatic carbocycles. The van der Waals surface area contributed by atoms with Crippen LogP contribution in [-0.4, -0.2) is 25.2 Å². The van der Waals surface area contributed by atoms with Crippen molar-refractivity contribution in [3.8, 4) is 5.75 Å². The number of hydrogen-bond donors (Lipinski definition) is 1. The molecule has 0 aromatic heterocycles. The third kappa shape index (κ3) is 4.25. The van der Waals surface area contributed by atoms with Crippen LogP contribution in [0.3, 0.4) is 0 Å². The van der Waals surface area contributed by atoms with E-state index in [1.807, 2.05) is 12.1 Å². The Hall–Kier alpha value is -2.34. The number of esters is 1. The molecule has 1 saturated carbocycles. The molecule has 26 heavy (non-hydrogen) atoms. The summed E-state index contributed by atoms with van der Waals surface area (Å²) in [6, 6.07) is 14.7. The smallest absolute Gasteiger partial charge is 0.412 e. The molecule has 1 N–H and O–H groups in total. The Kier molecular flexibility index (Phi) is 5.93. The number of carbonyl (C=O) groups excluding carboxylic acids is 2. The zero-order valence-corrected chi connectivity index (χ0v) is 16.0. The van der Waals surface area contributed by atoms with Crippen LogP contribution in [-0.2, 0) is 4.74 Å². The first kappa shape index (κ1) is 18.5. The molecule has 5 nitrogen and oxygen atoms in total. The molecule has 0 heterocycles. The lowest BCUT2D eigenvalue weighted by Crippen LogP contribution is -2.38. The van der Waals surface area contributed by atoms with Crippen molar-refractivity contribution in [2.45, 2.75) is 31.2 Å². The summed E-state index contributed by atoms with van der Waals surface area (Å²) in [6.07, 6.45) is 2.39. The van der Waals surface area contributed by atoms with Gasteiger partial charge in [-0.15, -0.1) is 0 Å². The van der Waals surface area contributed by atoms with E-state index in [-0.39, 0.29) is 23.3 Å². The van der Waals surface area contributed by atoms with Gasteiger partial charge in [0.2, 0.25) is 0 Å². The van der Waals surface area contributed by atoms with E-state index in [2.05, 4.69) is 33.4 Å². The summed E-state index contributed by atoms with van der Waals surface area (Å²) in [5.74, 6) is -0.106. The van der Waals surface area contributed by atoms with Gasteiger partial charge in [0.25, 0.3) is 0 Å². The van der Waals surface area contributed by atoms with E-state index in [4.69, 9.17) is 9.47 Å². The van der Waals surface area contributed by atoms with Crippen molar-refractivity contribution in [3.05, 3.63) is 64.1 Å². The molecular formula is C20H20BrNO4. The van der Waals surface area contributed by atoms with Crippen molar-refractivity contribution in [1.29, 1.82) is 0 Å². The second-order valence-electron chi connectivity index (χ2n) is 6.22. The molecule has 2 atom stereocenters. The highest BCUT2D eigenvalue weighted by molar-refractivity contribution is 9.10. The number of nitrogens with one attached hydrogen (secondary N) is 1. The lowest BCUT2D eigenvalue weighted by Gasteiger charge is -2.21. The Morgan fingerprint density at radius 1 is 1.12 bits per heavy atom. The summed E-state index contributed by atoms with van der Waals surface area (Å²) in [5, 5.41) is 2.95. The van der Waals surface area contributed by atoms with Gasteiger partial charge >= 0.3 is 12.1 Å². The number of halogens is 1. The molecule has 0 spiro atoms. The minimum absolute atomic E-state index is 0.00193. The molecule has 0 aliphatic heterocycles. The maximum Gasteiger partial charge on any atom is 0.412 e. The van der Waals surface area contributed by atoms with Gasteiger partial charge in [0.15, 0.2) is 0 Å². The minimum atomic E-state index is -0.562. The van der Waals surface area contributed by atoms with Crippen molar-refractivity contribution in [3.63, 3.8) is 0 Å². The van der Waals surface area contributed by atoms with E-state index in [1.54, 1.807) is 24.3 Å². The molecular weight excluding hydrogens is 398 g/mol. The van der Waals surface area contributed by atoms with Crippen molar-refractivity contribution in [1.82, 2.24) is 5.32 Å². The zero-order chi connectivity index (χ0) is 18.5. The minimum Gasteiger partial charge on any atom is -0.465 e. The molecule has 3 rings (SSSR count). The van der Waals surface area contributed by atoms with Crippen molar-refractivity contribution in [2.24, 2.45) is 0 Å². The van der Waals surface area contributed by atoms with Gasteiger partial charge < -0.3 is 14.8 Å². The maximum absolute atomic E-state index is 12.4. The number of para-hydroxylation sites is 1. The molecule has 136 valence electrons. The van der Waals surface area contributed by atoms with Crippen molar-refractivity contribution in [2.75, 3.05) is 7.11 Å². The highest BCUT2D eigenvalue weighted by Gasteiger charge is 2.30. The zero-order valence-electron chi connectivity index (χ0n) is 14.4. The van der Waals surface area contributed by atoms with Crippen LogP contribution >= 0.6 is 15.9 Å². The lowest BCUT2D eigenvalue weighted by molar-refractivity contribution is 0.0598. The number of ether oxygens (including phenoxy) is 2. The lowest BCUT2D eigenvalue weighted by atomic mass is 9.94. The molecule has 0 radical (unpaired) electrons. The molecule has 1 aliphatic rings. The summed E-state index contributed by atoms with van der Waals surface area (Å²) in [6.45, 7) is 0. The quantitative estimate of drug-likeness (QED) is 0.734. The topological polar surface area (TPSA) is 64.6 Å². The van der Waals surface area contributed by atoms with E-state index in [9.17, 15) is 9.59 Å². The van der Waals surface area contributed by atoms with Crippen LogP contribution in [0.15, 0.2) is 53.0 Å². The predicted molar refractivity (Wildman–Crippen MR) is 101 cm³/mol. The third-order valence-corrected chi connectivity index (χ3v) is 5.08. The summed E-state index contributed by atoms with van der Waals surface area (Å²) in [5.41, 5.74) is 1.41. The van der Waals surface area contributed by atoms with E-state index in [0.29, 0.717) is 0 Å². The maximum atomic E-state index is 12.4. The van der Waals surface area contributed by atoms with E-state index >= 15 is 0 Å². The summed E-state index contributed by atoms with van der Waals surface area (Å²) in [7, 11) is 1.29. The van der Waals surface area contributed by atoms with Gasteiger partial charge in [0.1, 0.15) is 11.3 Å². The van der Waals surface area contributed by atoms with Crippen LogP contribution in [0.5, 0.6) is 5.75 Å². The largest absolute Gasteiger partial charge is 0.465 e. The number of methoxy groups -OCH3 is 1. The van der Waals surface area contributed by atoms with Gasteiger partial charge in [-0.05, 0) is 42.7 Å². The fraction of sp³-hybridized carbons (Fsp3) is 0.300. The van der Waals surface area contributed by atoms with E-state index < -0.39 is 12.1 Å². The van der Waals surface area contributed by atoms with Gasteiger partial charge in [-0.25, -0.2) is 9.59 Å². The van der Waals surface area contributed by atoms with Crippen LogP contribution in [0.25, 0.3) is 0 Å². The van der Waals surface area contributed by atoms with Crippen LogP contribution in [0.1, 0.15) is 41.1 Å². The highest BCUT2D eigenvalue weighted by atomic mass is 79.9. The molecule has 2 aromatic rings. The monoisotopic (exact) mass is 417 g/mol. The van der Waals surface area contributed by atoms with Gasteiger partial charge in [-0.1, -0.05) is 46.6 Å². The van der Waals surface area contributed by atoms with Crippen LogP contribution in [0.2, 0.25) is 0 Å². The Balaban J connectivity index is 1.69. The summed E-state index contributed by atoms with van der Waals surface area (Å²) < 4.78 is 11.1. The van der Waals surface area contributed by atoms with Crippen molar-refractivity contribution < 1.29 is 19.1 Å². The van der Waals surface area contributed by atoms with Crippen LogP contribution < -0.4 is 10.1 Å². The molecule has 0 saturated heterocycles. The predicted octanol–water partition coefficient (Wildman–Crippen LogP) is 4.66. The van der Waals surface area contributed by atoms with E-state index in [0.717, 1.165) is 23.7 Å². The van der Waals surface area contributed by atoms with Crippen molar-refractivity contribution >= 4 is 28.0 Å². The first-order valence-corrected chi connectivity index (χ1v) is 9.29. The normalized spacial score (nSPS) is 19.0. The molecule has 0 bridgehead atoms. The van der Waals surface area contributed by atoms with Gasteiger partial charge in [0, 0.05) is 16.4 Å². The number of rotatable bonds is 4. The molecule has 1 aliphatic carbocycles. The average Bonchev–Trinajstić information content (AvgIpc) is 3.09. The number of amides is 1. The Morgan fingerprint density at radius 2 is 1.92 bits per heavy atom. The van der Waals surface area contributed by atoms with Gasteiger partial charge in [-0.2, -0.15) is 0 Å². The van der Waals surface area contributed by atoms with Gasteiger partial charge in [0.05, 0.1) is 7.11 Å². The fourth-order valence-electron chi connectivity index (χ4n) is 3.38. The second kappa shape index (κ2) is 8.36. The molecule has 1 fully saturated rings. The first-order chi connectivity index (χ1) is 12.6. The van der Waals surface area contributed by atoms with E-state index in [1.165, 1.54) is 12.7 Å². The molecule has 1 amide bonds.